The van der Waals surface area contributed by atoms with Crippen molar-refractivity contribution in [3.8, 4) is 11.5 Å². The first-order valence-corrected chi connectivity index (χ1v) is 5.65. The van der Waals surface area contributed by atoms with Gasteiger partial charge in [0.1, 0.15) is 0 Å². The Kier molecular flexibility index (Phi) is 3.70. The Morgan fingerprint density at radius 1 is 1.31 bits per heavy atom. The highest BCUT2D eigenvalue weighted by atomic mass is 35.5. The SMILES string of the molecule is NC/C=C/c1c(Cl)ccc2c1OCCCO2. The van der Waals surface area contributed by atoms with Gasteiger partial charge in [0.05, 0.1) is 18.2 Å². The van der Waals surface area contributed by atoms with Gasteiger partial charge < -0.3 is 15.2 Å². The molecule has 1 aliphatic heterocycles. The molecule has 0 saturated heterocycles. The molecule has 0 atom stereocenters. The second kappa shape index (κ2) is 5.23. The van der Waals surface area contributed by atoms with Gasteiger partial charge in [0.15, 0.2) is 11.5 Å². The third kappa shape index (κ3) is 2.31. The third-order valence-electron chi connectivity index (χ3n) is 2.32. The first-order valence-electron chi connectivity index (χ1n) is 5.27. The van der Waals surface area contributed by atoms with Crippen LogP contribution in [0.15, 0.2) is 18.2 Å². The molecule has 1 heterocycles. The number of hydrogen-bond acceptors (Lipinski definition) is 3. The number of benzene rings is 1. The summed E-state index contributed by atoms with van der Waals surface area (Å²) in [6.07, 6.45) is 4.60. The zero-order valence-electron chi connectivity index (χ0n) is 8.91. The number of nitrogens with two attached hydrogens (primary N) is 1. The van der Waals surface area contributed by atoms with Gasteiger partial charge in [0.25, 0.3) is 0 Å². The van der Waals surface area contributed by atoms with Crippen LogP contribution < -0.4 is 15.2 Å². The average Bonchev–Trinajstić information content (AvgIpc) is 2.53. The molecule has 0 spiro atoms. The number of rotatable bonds is 2. The molecule has 86 valence electrons. The molecule has 0 aromatic heterocycles. The van der Waals surface area contributed by atoms with Crippen LogP contribution in [-0.2, 0) is 0 Å². The summed E-state index contributed by atoms with van der Waals surface area (Å²) < 4.78 is 11.2. The van der Waals surface area contributed by atoms with E-state index in [1.165, 1.54) is 0 Å². The lowest BCUT2D eigenvalue weighted by Gasteiger charge is -2.11. The standard InChI is InChI=1S/C12H14ClNO2/c13-10-4-5-11-12(9(10)3-1-6-14)16-8-2-7-15-11/h1,3-5H,2,6-8,14H2/b3-1+. The lowest BCUT2D eigenvalue weighted by atomic mass is 10.1. The fraction of sp³-hybridized carbons (Fsp3) is 0.333. The van der Waals surface area contributed by atoms with Crippen LogP contribution in [0.3, 0.4) is 0 Å². The Hall–Kier alpha value is -1.19. The minimum Gasteiger partial charge on any atom is -0.490 e. The van der Waals surface area contributed by atoms with E-state index in [0.29, 0.717) is 24.8 Å². The van der Waals surface area contributed by atoms with Crippen LogP contribution in [0, 0.1) is 0 Å². The van der Waals surface area contributed by atoms with E-state index < -0.39 is 0 Å². The Balaban J connectivity index is 2.44. The number of fused-ring (bicyclic) bond motifs is 1. The van der Waals surface area contributed by atoms with E-state index in [1.54, 1.807) is 0 Å². The van der Waals surface area contributed by atoms with E-state index >= 15 is 0 Å². The average molecular weight is 240 g/mol. The van der Waals surface area contributed by atoms with Crippen LogP contribution >= 0.6 is 11.6 Å². The van der Waals surface area contributed by atoms with Crippen LogP contribution in [0.1, 0.15) is 12.0 Å². The van der Waals surface area contributed by atoms with Crippen molar-refractivity contribution in [1.82, 2.24) is 0 Å². The third-order valence-corrected chi connectivity index (χ3v) is 2.65. The lowest BCUT2D eigenvalue weighted by molar-refractivity contribution is 0.296. The summed E-state index contributed by atoms with van der Waals surface area (Å²) >= 11 is 6.12. The van der Waals surface area contributed by atoms with Crippen molar-refractivity contribution < 1.29 is 9.47 Å². The predicted octanol–water partition coefficient (Wildman–Crippen LogP) is 2.47. The Morgan fingerprint density at radius 3 is 2.94 bits per heavy atom. The highest BCUT2D eigenvalue weighted by molar-refractivity contribution is 6.32. The van der Waals surface area contributed by atoms with Gasteiger partial charge in [-0.3, -0.25) is 0 Å². The summed E-state index contributed by atoms with van der Waals surface area (Å²) in [6.45, 7) is 1.80. The molecular formula is C12H14ClNO2. The second-order valence-corrected chi connectivity index (χ2v) is 3.88. The largest absolute Gasteiger partial charge is 0.490 e. The summed E-state index contributed by atoms with van der Waals surface area (Å²) in [7, 11) is 0. The first kappa shape index (κ1) is 11.3. The van der Waals surface area contributed by atoms with Crippen molar-refractivity contribution in [1.29, 1.82) is 0 Å². The monoisotopic (exact) mass is 239 g/mol. The molecule has 0 radical (unpaired) electrons. The highest BCUT2D eigenvalue weighted by Crippen LogP contribution is 2.38. The number of halogens is 1. The molecule has 2 rings (SSSR count). The van der Waals surface area contributed by atoms with Crippen LogP contribution in [0.25, 0.3) is 6.08 Å². The molecule has 2 N–H and O–H groups in total. The highest BCUT2D eigenvalue weighted by Gasteiger charge is 2.15. The van der Waals surface area contributed by atoms with Crippen molar-refractivity contribution in [2.24, 2.45) is 5.73 Å². The minimum atomic E-state index is 0.473. The van der Waals surface area contributed by atoms with E-state index in [0.717, 1.165) is 23.5 Å². The first-order chi connectivity index (χ1) is 7.83. The lowest BCUT2D eigenvalue weighted by Crippen LogP contribution is -1.98. The summed E-state index contributed by atoms with van der Waals surface area (Å²) in [5, 5.41) is 0.647. The van der Waals surface area contributed by atoms with E-state index in [9.17, 15) is 0 Å². The molecule has 0 amide bonds. The molecule has 0 aliphatic carbocycles. The zero-order valence-corrected chi connectivity index (χ0v) is 9.67. The van der Waals surface area contributed by atoms with Crippen LogP contribution in [0.4, 0.5) is 0 Å². The maximum absolute atomic E-state index is 6.12. The van der Waals surface area contributed by atoms with E-state index in [1.807, 2.05) is 24.3 Å². The molecule has 0 unspecified atom stereocenters. The van der Waals surface area contributed by atoms with Crippen molar-refractivity contribution in [2.45, 2.75) is 6.42 Å². The molecule has 0 bridgehead atoms. The van der Waals surface area contributed by atoms with Crippen LogP contribution in [-0.4, -0.2) is 19.8 Å². The Labute approximate surface area is 99.8 Å². The van der Waals surface area contributed by atoms with Gasteiger partial charge in [-0.05, 0) is 12.1 Å². The van der Waals surface area contributed by atoms with E-state index in [4.69, 9.17) is 26.8 Å². The molecule has 3 nitrogen and oxygen atoms in total. The Morgan fingerprint density at radius 2 is 2.12 bits per heavy atom. The van der Waals surface area contributed by atoms with Gasteiger partial charge in [-0.15, -0.1) is 0 Å². The van der Waals surface area contributed by atoms with E-state index in [2.05, 4.69) is 0 Å². The van der Waals surface area contributed by atoms with Crippen molar-refractivity contribution in [2.75, 3.05) is 19.8 Å². The molecule has 1 aromatic carbocycles. The summed E-state index contributed by atoms with van der Waals surface area (Å²) in [5.41, 5.74) is 6.27. The summed E-state index contributed by atoms with van der Waals surface area (Å²) in [4.78, 5) is 0. The number of hydrogen-bond donors (Lipinski definition) is 1. The van der Waals surface area contributed by atoms with Gasteiger partial charge in [-0.2, -0.15) is 0 Å². The smallest absolute Gasteiger partial charge is 0.169 e. The molecule has 1 aromatic rings. The van der Waals surface area contributed by atoms with Gasteiger partial charge >= 0.3 is 0 Å². The molecule has 1 aliphatic rings. The Bertz CT molecular complexity index is 404. The predicted molar refractivity (Wildman–Crippen MR) is 65.1 cm³/mol. The molecule has 16 heavy (non-hydrogen) atoms. The quantitative estimate of drug-likeness (QED) is 0.862. The van der Waals surface area contributed by atoms with Crippen molar-refractivity contribution in [3.05, 3.63) is 28.8 Å². The fourth-order valence-corrected chi connectivity index (χ4v) is 1.79. The zero-order chi connectivity index (χ0) is 11.4. The van der Waals surface area contributed by atoms with Crippen LogP contribution in [0.5, 0.6) is 11.5 Å². The van der Waals surface area contributed by atoms with Crippen molar-refractivity contribution >= 4 is 17.7 Å². The van der Waals surface area contributed by atoms with E-state index in [-0.39, 0.29) is 0 Å². The van der Waals surface area contributed by atoms with Gasteiger partial charge in [-0.25, -0.2) is 0 Å². The summed E-state index contributed by atoms with van der Waals surface area (Å²) in [6, 6.07) is 3.65. The minimum absolute atomic E-state index is 0.473. The maximum Gasteiger partial charge on any atom is 0.169 e. The molecular weight excluding hydrogens is 226 g/mol. The molecule has 0 fully saturated rings. The summed E-state index contributed by atoms with van der Waals surface area (Å²) in [5.74, 6) is 1.47. The normalized spacial score (nSPS) is 15.1. The fourth-order valence-electron chi connectivity index (χ4n) is 1.57. The van der Waals surface area contributed by atoms with Gasteiger partial charge in [0.2, 0.25) is 0 Å². The van der Waals surface area contributed by atoms with Crippen LogP contribution in [0.2, 0.25) is 5.02 Å². The van der Waals surface area contributed by atoms with Gasteiger partial charge in [-0.1, -0.05) is 23.8 Å². The maximum atomic E-state index is 6.12. The molecule has 0 saturated carbocycles. The second-order valence-electron chi connectivity index (χ2n) is 3.48. The van der Waals surface area contributed by atoms with Crippen molar-refractivity contribution in [3.63, 3.8) is 0 Å². The molecule has 4 heteroatoms. The van der Waals surface area contributed by atoms with Gasteiger partial charge in [0, 0.05) is 18.5 Å². The number of ether oxygens (including phenoxy) is 2. The topological polar surface area (TPSA) is 44.5 Å².